The summed E-state index contributed by atoms with van der Waals surface area (Å²) in [5.74, 6) is -0.316. The summed E-state index contributed by atoms with van der Waals surface area (Å²) < 4.78 is 11.2. The number of rotatable bonds is 35. The van der Waals surface area contributed by atoms with Crippen LogP contribution in [0.3, 0.4) is 0 Å². The summed E-state index contributed by atoms with van der Waals surface area (Å²) in [6.07, 6.45) is 37.1. The van der Waals surface area contributed by atoms with Crippen LogP contribution in [0.5, 0.6) is 0 Å². The summed E-state index contributed by atoms with van der Waals surface area (Å²) in [6.45, 7) is 5.37. The quantitative estimate of drug-likeness (QED) is 0.0563. The highest BCUT2D eigenvalue weighted by atomic mass is 16.6. The maximum atomic E-state index is 12.4. The van der Waals surface area contributed by atoms with Gasteiger partial charge in [0.25, 0.3) is 0 Å². The first kappa shape index (κ1) is 42.9. The Kier molecular flexibility index (Phi) is 33.9. The van der Waals surface area contributed by atoms with Crippen LogP contribution in [0.25, 0.3) is 0 Å². The number of hydrogen-bond acceptors (Lipinski definition) is 4. The lowest BCUT2D eigenvalue weighted by Gasteiger charge is -2.19. The molecule has 0 aliphatic rings. The van der Waals surface area contributed by atoms with E-state index in [1.54, 1.807) is 0 Å². The highest BCUT2D eigenvalue weighted by molar-refractivity contribution is 5.70. The first-order chi connectivity index (χ1) is 21.5. The molecular formula is C39H78NO4+. The van der Waals surface area contributed by atoms with Gasteiger partial charge < -0.3 is 14.4 Å². The Morgan fingerprint density at radius 1 is 0.455 bits per heavy atom. The summed E-state index contributed by atoms with van der Waals surface area (Å²) in [5, 5.41) is 0. The van der Waals surface area contributed by atoms with Crippen LogP contribution in [-0.2, 0) is 19.1 Å². The predicted octanol–water partition coefficient (Wildman–Crippen LogP) is 10.3. The number of quaternary nitrogens is 1. The zero-order valence-electron chi connectivity index (χ0n) is 30.3. The molecule has 0 spiro atoms. The van der Waals surface area contributed by atoms with Gasteiger partial charge in [-0.3, -0.25) is 9.59 Å². The molecule has 0 saturated heterocycles. The molecule has 0 saturated carbocycles. The van der Waals surface area contributed by atoms with E-state index >= 15 is 0 Å². The Morgan fingerprint density at radius 3 is 1.07 bits per heavy atom. The van der Waals surface area contributed by atoms with Crippen molar-refractivity contribution in [2.45, 2.75) is 213 Å². The van der Waals surface area contributed by atoms with Crippen LogP contribution in [-0.4, -0.2) is 45.3 Å². The Hall–Kier alpha value is -1.10. The minimum atomic E-state index is -0.362. The lowest BCUT2D eigenvalue weighted by molar-refractivity contribution is -0.861. The number of unbranched alkanes of at least 4 members (excludes halogenated alkanes) is 26. The van der Waals surface area contributed by atoms with Gasteiger partial charge in [0, 0.05) is 12.8 Å². The molecule has 0 amide bonds. The predicted molar refractivity (Wildman–Crippen MR) is 188 cm³/mol. The molecule has 0 radical (unpaired) electrons. The molecule has 5 nitrogen and oxygen atoms in total. The van der Waals surface area contributed by atoms with Crippen LogP contribution >= 0.6 is 0 Å². The summed E-state index contributed by atoms with van der Waals surface area (Å²) in [6, 6.07) is 0. The molecule has 0 aromatic heterocycles. The topological polar surface area (TPSA) is 57.0 Å². The molecule has 1 atom stereocenters. The van der Waals surface area contributed by atoms with Crippen molar-refractivity contribution >= 4 is 11.9 Å². The second-order valence-corrected chi connectivity index (χ2v) is 13.9. The molecule has 1 N–H and O–H groups in total. The molecule has 0 bridgehead atoms. The number of carbonyl (C=O) groups is 2. The van der Waals surface area contributed by atoms with Crippen molar-refractivity contribution in [2.24, 2.45) is 0 Å². The number of ether oxygens (including phenoxy) is 2. The summed E-state index contributed by atoms with van der Waals surface area (Å²) in [5.41, 5.74) is 0. The molecule has 0 aromatic carbocycles. The highest BCUT2D eigenvalue weighted by Gasteiger charge is 2.20. The van der Waals surface area contributed by atoms with Crippen LogP contribution < -0.4 is 4.90 Å². The average Bonchev–Trinajstić information content (AvgIpc) is 3.00. The van der Waals surface area contributed by atoms with Crippen LogP contribution in [0.1, 0.15) is 206 Å². The van der Waals surface area contributed by atoms with Crippen LogP contribution in [0.15, 0.2) is 0 Å². The third kappa shape index (κ3) is 33.8. The molecule has 0 heterocycles. The van der Waals surface area contributed by atoms with Crippen LogP contribution in [0.2, 0.25) is 0 Å². The van der Waals surface area contributed by atoms with Gasteiger partial charge in [-0.05, 0) is 12.8 Å². The number of hydrogen-bond donors (Lipinski definition) is 1. The number of carbonyl (C=O) groups excluding carboxylic acids is 2. The van der Waals surface area contributed by atoms with Gasteiger partial charge in [0.2, 0.25) is 0 Å². The summed E-state index contributed by atoms with van der Waals surface area (Å²) in [4.78, 5) is 25.9. The molecule has 262 valence electrons. The molecule has 5 heteroatoms. The van der Waals surface area contributed by atoms with E-state index in [9.17, 15) is 9.59 Å². The number of likely N-dealkylation sites (N-methyl/N-ethyl adjacent to an activating group) is 1. The largest absolute Gasteiger partial charge is 0.461 e. The monoisotopic (exact) mass is 625 g/mol. The van der Waals surface area contributed by atoms with E-state index in [1.165, 1.54) is 159 Å². The maximum absolute atomic E-state index is 12.4. The molecule has 44 heavy (non-hydrogen) atoms. The van der Waals surface area contributed by atoms with E-state index in [1.807, 2.05) is 14.1 Å². The van der Waals surface area contributed by atoms with Crippen molar-refractivity contribution in [3.8, 4) is 0 Å². The van der Waals surface area contributed by atoms with Gasteiger partial charge in [0.05, 0.1) is 14.1 Å². The second kappa shape index (κ2) is 34.8. The van der Waals surface area contributed by atoms with Gasteiger partial charge >= 0.3 is 11.9 Å². The van der Waals surface area contributed by atoms with Crippen molar-refractivity contribution in [3.05, 3.63) is 0 Å². The molecule has 0 unspecified atom stereocenters. The average molecular weight is 625 g/mol. The minimum absolute atomic E-state index is 0.154. The molecular weight excluding hydrogens is 546 g/mol. The Bertz CT molecular complexity index is 609. The van der Waals surface area contributed by atoms with Gasteiger partial charge in [0.1, 0.15) is 13.2 Å². The van der Waals surface area contributed by atoms with Crippen LogP contribution in [0.4, 0.5) is 0 Å². The van der Waals surface area contributed by atoms with Gasteiger partial charge in [-0.25, -0.2) is 0 Å². The normalized spacial score (nSPS) is 12.1. The fraction of sp³-hybridized carbons (Fsp3) is 0.949. The highest BCUT2D eigenvalue weighted by Crippen LogP contribution is 2.15. The standard InChI is InChI=1S/C39H77NO4/c1-5-7-9-11-13-15-17-19-21-23-25-27-29-31-33-38(41)43-36-37(35-40(3)4)44-39(42)34-32-30-28-26-24-22-20-18-16-14-12-10-8-6-2/h37H,5-36H2,1-4H3/p+1/t37-/m1/s1. The zero-order chi connectivity index (χ0) is 32.4. The van der Waals surface area contributed by atoms with E-state index in [0.29, 0.717) is 19.4 Å². The minimum Gasteiger partial charge on any atom is -0.461 e. The Morgan fingerprint density at radius 2 is 0.750 bits per heavy atom. The van der Waals surface area contributed by atoms with Gasteiger partial charge in [0.15, 0.2) is 6.10 Å². The lowest BCUT2D eigenvalue weighted by Crippen LogP contribution is -3.07. The number of esters is 2. The van der Waals surface area contributed by atoms with E-state index in [4.69, 9.17) is 9.47 Å². The molecule has 0 fully saturated rings. The smallest absolute Gasteiger partial charge is 0.306 e. The number of nitrogens with one attached hydrogen (secondary N) is 1. The van der Waals surface area contributed by atoms with E-state index in [0.717, 1.165) is 25.7 Å². The Balaban J connectivity index is 3.72. The van der Waals surface area contributed by atoms with E-state index in [2.05, 4.69) is 13.8 Å². The summed E-state index contributed by atoms with van der Waals surface area (Å²) in [7, 11) is 4.07. The van der Waals surface area contributed by atoms with Gasteiger partial charge in [-0.15, -0.1) is 0 Å². The third-order valence-electron chi connectivity index (χ3n) is 8.83. The third-order valence-corrected chi connectivity index (χ3v) is 8.83. The fourth-order valence-electron chi connectivity index (χ4n) is 6.02. The first-order valence-electron chi connectivity index (χ1n) is 19.6. The van der Waals surface area contributed by atoms with E-state index < -0.39 is 0 Å². The molecule has 0 rings (SSSR count). The molecule has 0 aromatic rings. The van der Waals surface area contributed by atoms with Crippen LogP contribution in [0, 0.1) is 0 Å². The summed E-state index contributed by atoms with van der Waals surface area (Å²) >= 11 is 0. The zero-order valence-corrected chi connectivity index (χ0v) is 30.3. The van der Waals surface area contributed by atoms with Gasteiger partial charge in [-0.1, -0.05) is 181 Å². The molecule has 0 aliphatic carbocycles. The van der Waals surface area contributed by atoms with Crippen molar-refractivity contribution in [3.63, 3.8) is 0 Å². The van der Waals surface area contributed by atoms with E-state index in [-0.39, 0.29) is 24.6 Å². The fourth-order valence-corrected chi connectivity index (χ4v) is 6.02. The SMILES string of the molecule is CCCCCCCCCCCCCCCCC(=O)OC[C@@H](C[NH+](C)C)OC(=O)CCCCCCCCCCCCCCCC. The van der Waals surface area contributed by atoms with Crippen molar-refractivity contribution in [1.29, 1.82) is 0 Å². The van der Waals surface area contributed by atoms with Crippen molar-refractivity contribution in [1.82, 2.24) is 0 Å². The van der Waals surface area contributed by atoms with Crippen molar-refractivity contribution in [2.75, 3.05) is 27.2 Å². The van der Waals surface area contributed by atoms with Crippen molar-refractivity contribution < 1.29 is 24.0 Å². The molecule has 0 aliphatic heterocycles. The first-order valence-corrected chi connectivity index (χ1v) is 19.6. The van der Waals surface area contributed by atoms with Gasteiger partial charge in [-0.2, -0.15) is 0 Å². The second-order valence-electron chi connectivity index (χ2n) is 13.9. The maximum Gasteiger partial charge on any atom is 0.306 e. The Labute approximate surface area is 275 Å². The lowest BCUT2D eigenvalue weighted by atomic mass is 10.0.